The molecule has 0 unspecified atom stereocenters. The van der Waals surface area contributed by atoms with Crippen molar-refractivity contribution in [1.82, 2.24) is 0 Å². The largest absolute Gasteiger partial charge is 0.0952 e. The molecule has 0 saturated carbocycles. The van der Waals surface area contributed by atoms with E-state index in [1.807, 2.05) is 0 Å². The molecule has 0 fully saturated rings. The molecule has 0 aromatic heterocycles. The number of hydrogen-bond acceptors (Lipinski definition) is 0. The van der Waals surface area contributed by atoms with E-state index in [2.05, 4.69) is 80.2 Å². The second-order valence-electron chi connectivity index (χ2n) is 6.20. The zero-order valence-electron chi connectivity index (χ0n) is 12.8. The molecule has 0 heteroatoms. The van der Waals surface area contributed by atoms with Crippen molar-refractivity contribution in [2.75, 3.05) is 0 Å². The minimum Gasteiger partial charge on any atom is -0.0952 e. The molecule has 0 nitrogen and oxygen atoms in total. The van der Waals surface area contributed by atoms with Gasteiger partial charge in [-0.2, -0.15) is 0 Å². The van der Waals surface area contributed by atoms with Crippen LogP contribution in [0.15, 0.2) is 73.3 Å². The standard InChI is InChI=1S/C23H15/c1-14(2)17-13-12-16-8-4-10-19-18-9-3-6-15-7-5-11-20(21(15)18)23(17)22(16)19/h3-13H,1-2H2. The molecular weight excluding hydrogens is 276 g/mol. The SMILES string of the molecule is [CH2]C(=C)c1ccc2cccc3c4cccc5cccc(c1c23)c54. The fourth-order valence-corrected chi connectivity index (χ4v) is 3.95. The van der Waals surface area contributed by atoms with Crippen molar-refractivity contribution in [3.63, 3.8) is 0 Å². The quantitative estimate of drug-likeness (QED) is 0.241. The highest BCUT2D eigenvalue weighted by atomic mass is 14.2. The Balaban J connectivity index is 2.28. The molecule has 0 bridgehead atoms. The van der Waals surface area contributed by atoms with E-state index in [-0.39, 0.29) is 0 Å². The molecule has 107 valence electrons. The van der Waals surface area contributed by atoms with Gasteiger partial charge in [-0.3, -0.25) is 0 Å². The van der Waals surface area contributed by atoms with E-state index >= 15 is 0 Å². The molecule has 1 radical (unpaired) electrons. The number of rotatable bonds is 1. The molecule has 0 atom stereocenters. The minimum atomic E-state index is 0.869. The molecule has 0 aliphatic carbocycles. The third kappa shape index (κ3) is 1.55. The van der Waals surface area contributed by atoms with Crippen LogP contribution in [0.1, 0.15) is 5.56 Å². The second kappa shape index (κ2) is 4.33. The summed E-state index contributed by atoms with van der Waals surface area (Å²) in [5.41, 5.74) is 2.01. The Bertz CT molecular complexity index is 1220. The number of allylic oxidation sites excluding steroid dienone is 1. The molecule has 0 saturated heterocycles. The van der Waals surface area contributed by atoms with Crippen LogP contribution in [0.2, 0.25) is 0 Å². The van der Waals surface area contributed by atoms with Crippen LogP contribution in [0, 0.1) is 6.92 Å². The normalized spacial score (nSPS) is 11.9. The fraction of sp³-hybridized carbons (Fsp3) is 0. The van der Waals surface area contributed by atoms with E-state index in [1.165, 1.54) is 43.1 Å². The summed E-state index contributed by atoms with van der Waals surface area (Å²) in [5.74, 6) is 0. The smallest absolute Gasteiger partial charge is 0.00176 e. The predicted octanol–water partition coefficient (Wildman–Crippen LogP) is 6.58. The second-order valence-corrected chi connectivity index (χ2v) is 6.20. The lowest BCUT2D eigenvalue weighted by Gasteiger charge is -2.17. The maximum absolute atomic E-state index is 4.10. The molecule has 5 rings (SSSR count). The average Bonchev–Trinajstić information content (AvgIpc) is 2.58. The van der Waals surface area contributed by atoms with Gasteiger partial charge in [-0.1, -0.05) is 73.3 Å². The summed E-state index contributed by atoms with van der Waals surface area (Å²) < 4.78 is 0. The molecule has 0 amide bonds. The van der Waals surface area contributed by atoms with Crippen LogP contribution < -0.4 is 0 Å². The van der Waals surface area contributed by atoms with Gasteiger partial charge in [0, 0.05) is 0 Å². The number of benzene rings is 5. The van der Waals surface area contributed by atoms with Crippen molar-refractivity contribution in [1.29, 1.82) is 0 Å². The van der Waals surface area contributed by atoms with Crippen LogP contribution in [-0.4, -0.2) is 0 Å². The summed E-state index contributed by atoms with van der Waals surface area (Å²) in [5, 5.41) is 10.4. The number of hydrogen-bond donors (Lipinski definition) is 0. The third-order valence-electron chi connectivity index (χ3n) is 4.89. The first-order chi connectivity index (χ1) is 11.3. The van der Waals surface area contributed by atoms with Crippen molar-refractivity contribution >= 4 is 48.7 Å². The van der Waals surface area contributed by atoms with Crippen LogP contribution in [0.4, 0.5) is 0 Å². The van der Waals surface area contributed by atoms with Gasteiger partial charge in [0.2, 0.25) is 0 Å². The Kier molecular flexibility index (Phi) is 2.38. The zero-order chi connectivity index (χ0) is 15.6. The fourth-order valence-electron chi connectivity index (χ4n) is 3.95. The van der Waals surface area contributed by atoms with Gasteiger partial charge in [0.05, 0.1) is 0 Å². The summed E-state index contributed by atoms with van der Waals surface area (Å²) in [6.07, 6.45) is 0. The Labute approximate surface area is 135 Å². The van der Waals surface area contributed by atoms with Crippen LogP contribution in [0.5, 0.6) is 0 Å². The zero-order valence-corrected chi connectivity index (χ0v) is 12.8. The van der Waals surface area contributed by atoms with Crippen LogP contribution >= 0.6 is 0 Å². The van der Waals surface area contributed by atoms with E-state index in [4.69, 9.17) is 0 Å². The summed E-state index contributed by atoms with van der Waals surface area (Å²) in [7, 11) is 0. The summed E-state index contributed by atoms with van der Waals surface area (Å²) in [6.45, 7) is 8.21. The van der Waals surface area contributed by atoms with E-state index < -0.39 is 0 Å². The Morgan fingerprint density at radius 3 is 1.78 bits per heavy atom. The summed E-state index contributed by atoms with van der Waals surface area (Å²) in [4.78, 5) is 0. The Morgan fingerprint density at radius 1 is 0.565 bits per heavy atom. The molecular formula is C23H15. The van der Waals surface area contributed by atoms with E-state index in [1.54, 1.807) is 0 Å². The van der Waals surface area contributed by atoms with Gasteiger partial charge >= 0.3 is 0 Å². The highest BCUT2D eigenvalue weighted by Gasteiger charge is 2.15. The third-order valence-corrected chi connectivity index (χ3v) is 4.89. The lowest BCUT2D eigenvalue weighted by molar-refractivity contribution is 1.73. The summed E-state index contributed by atoms with van der Waals surface area (Å²) >= 11 is 0. The van der Waals surface area contributed by atoms with Crippen molar-refractivity contribution < 1.29 is 0 Å². The molecule has 5 aromatic carbocycles. The molecule has 23 heavy (non-hydrogen) atoms. The van der Waals surface area contributed by atoms with Crippen molar-refractivity contribution in [2.24, 2.45) is 0 Å². The van der Waals surface area contributed by atoms with Crippen LogP contribution in [0.3, 0.4) is 0 Å². The van der Waals surface area contributed by atoms with Crippen LogP contribution in [0.25, 0.3) is 48.7 Å². The maximum Gasteiger partial charge on any atom is -0.00176 e. The first-order valence-corrected chi connectivity index (χ1v) is 7.85. The molecule has 0 aliphatic heterocycles. The van der Waals surface area contributed by atoms with Gasteiger partial charge < -0.3 is 0 Å². The Morgan fingerprint density at radius 2 is 1.13 bits per heavy atom. The topological polar surface area (TPSA) is 0 Å². The number of fused-ring (bicyclic) bond motifs is 2. The minimum absolute atomic E-state index is 0.869. The first kappa shape index (κ1) is 12.7. The molecule has 5 aromatic rings. The van der Waals surface area contributed by atoms with E-state index in [9.17, 15) is 0 Å². The van der Waals surface area contributed by atoms with Crippen molar-refractivity contribution in [3.8, 4) is 0 Å². The van der Waals surface area contributed by atoms with Crippen LogP contribution in [-0.2, 0) is 0 Å². The molecule has 0 N–H and O–H groups in total. The van der Waals surface area contributed by atoms with Crippen molar-refractivity contribution in [3.05, 3.63) is 85.8 Å². The van der Waals surface area contributed by atoms with Gasteiger partial charge in [-0.25, -0.2) is 0 Å². The van der Waals surface area contributed by atoms with E-state index in [0.717, 1.165) is 11.1 Å². The van der Waals surface area contributed by atoms with Gasteiger partial charge in [0.1, 0.15) is 0 Å². The van der Waals surface area contributed by atoms with Gasteiger partial charge in [-0.15, -0.1) is 0 Å². The van der Waals surface area contributed by atoms with Crippen molar-refractivity contribution in [2.45, 2.75) is 0 Å². The maximum atomic E-state index is 4.10. The van der Waals surface area contributed by atoms with Gasteiger partial charge in [0.25, 0.3) is 0 Å². The highest BCUT2D eigenvalue weighted by Crippen LogP contribution is 2.42. The first-order valence-electron chi connectivity index (χ1n) is 7.85. The Hall–Kier alpha value is -2.86. The lowest BCUT2D eigenvalue weighted by Crippen LogP contribution is -1.90. The molecule has 0 aliphatic rings. The monoisotopic (exact) mass is 291 g/mol. The van der Waals surface area contributed by atoms with Gasteiger partial charge in [-0.05, 0) is 61.2 Å². The predicted molar refractivity (Wildman–Crippen MR) is 102 cm³/mol. The lowest BCUT2D eigenvalue weighted by atomic mass is 9.86. The average molecular weight is 291 g/mol. The summed E-state index contributed by atoms with van der Waals surface area (Å²) in [6, 6.07) is 24.0. The highest BCUT2D eigenvalue weighted by molar-refractivity contribution is 6.34. The van der Waals surface area contributed by atoms with E-state index in [0.29, 0.717) is 0 Å². The molecule has 0 heterocycles. The molecule has 0 spiro atoms. The van der Waals surface area contributed by atoms with Gasteiger partial charge in [0.15, 0.2) is 0 Å².